The van der Waals surface area contributed by atoms with E-state index in [2.05, 4.69) is 14.9 Å². The van der Waals surface area contributed by atoms with Gasteiger partial charge in [-0.1, -0.05) is 23.4 Å². The molecule has 0 bridgehead atoms. The molecule has 3 aromatic rings. The summed E-state index contributed by atoms with van der Waals surface area (Å²) in [7, 11) is -3.67. The molecule has 0 saturated carbocycles. The van der Waals surface area contributed by atoms with Crippen LogP contribution in [0.1, 0.15) is 22.4 Å². The minimum absolute atomic E-state index is 0.181. The standard InChI is InChI=1S/C18H19N3O3S/c1-12-6-7-16(18-13(2)14(3)21-24-18)9-17(12)25(22,23)20-11-15-5-4-8-19-10-15/h4-10,20H,11H2,1-3H3. The highest BCUT2D eigenvalue weighted by Crippen LogP contribution is 2.28. The molecule has 1 aromatic carbocycles. The minimum Gasteiger partial charge on any atom is -0.356 e. The van der Waals surface area contributed by atoms with Crippen molar-refractivity contribution in [2.24, 2.45) is 0 Å². The largest absolute Gasteiger partial charge is 0.356 e. The molecule has 0 saturated heterocycles. The van der Waals surface area contributed by atoms with Crippen LogP contribution in [0.5, 0.6) is 0 Å². The van der Waals surface area contributed by atoms with E-state index in [9.17, 15) is 8.42 Å². The van der Waals surface area contributed by atoms with Crippen LogP contribution >= 0.6 is 0 Å². The van der Waals surface area contributed by atoms with Gasteiger partial charge in [-0.15, -0.1) is 0 Å². The van der Waals surface area contributed by atoms with Crippen LogP contribution in [0.3, 0.4) is 0 Å². The predicted molar refractivity (Wildman–Crippen MR) is 94.4 cm³/mol. The molecule has 0 radical (unpaired) electrons. The Morgan fingerprint density at radius 2 is 1.96 bits per heavy atom. The van der Waals surface area contributed by atoms with Crippen molar-refractivity contribution in [1.29, 1.82) is 0 Å². The van der Waals surface area contributed by atoms with Crippen LogP contribution in [0.4, 0.5) is 0 Å². The fourth-order valence-electron chi connectivity index (χ4n) is 2.47. The van der Waals surface area contributed by atoms with Crippen LogP contribution in [-0.4, -0.2) is 18.6 Å². The Hall–Kier alpha value is -2.51. The van der Waals surface area contributed by atoms with Gasteiger partial charge in [0.15, 0.2) is 5.76 Å². The Bertz CT molecular complexity index is 996. The number of aromatic nitrogens is 2. The van der Waals surface area contributed by atoms with Crippen molar-refractivity contribution in [3.05, 3.63) is 65.1 Å². The molecular weight excluding hydrogens is 338 g/mol. The van der Waals surface area contributed by atoms with E-state index in [0.29, 0.717) is 16.9 Å². The first kappa shape index (κ1) is 17.3. The Labute approximate surface area is 147 Å². The average Bonchev–Trinajstić information content (AvgIpc) is 2.94. The van der Waals surface area contributed by atoms with Gasteiger partial charge < -0.3 is 4.52 Å². The summed E-state index contributed by atoms with van der Waals surface area (Å²) in [6.45, 7) is 5.70. The lowest BCUT2D eigenvalue weighted by Crippen LogP contribution is -2.24. The topological polar surface area (TPSA) is 85.1 Å². The van der Waals surface area contributed by atoms with Crippen molar-refractivity contribution >= 4 is 10.0 Å². The van der Waals surface area contributed by atoms with Gasteiger partial charge in [-0.3, -0.25) is 4.98 Å². The lowest BCUT2D eigenvalue weighted by Gasteiger charge is -2.11. The fourth-order valence-corrected chi connectivity index (χ4v) is 3.76. The van der Waals surface area contributed by atoms with Crippen molar-refractivity contribution in [3.8, 4) is 11.3 Å². The molecule has 130 valence electrons. The monoisotopic (exact) mass is 357 g/mol. The Morgan fingerprint density at radius 3 is 2.60 bits per heavy atom. The third kappa shape index (κ3) is 3.62. The molecule has 25 heavy (non-hydrogen) atoms. The molecule has 0 aliphatic rings. The van der Waals surface area contributed by atoms with Crippen LogP contribution < -0.4 is 4.72 Å². The van der Waals surface area contributed by atoms with Crippen molar-refractivity contribution in [1.82, 2.24) is 14.9 Å². The normalized spacial score (nSPS) is 11.6. The van der Waals surface area contributed by atoms with Gasteiger partial charge in [-0.2, -0.15) is 0 Å². The number of pyridine rings is 1. The summed E-state index contributed by atoms with van der Waals surface area (Å²) in [5, 5.41) is 3.94. The molecule has 0 aliphatic heterocycles. The van der Waals surface area contributed by atoms with Gasteiger partial charge in [0, 0.05) is 30.1 Å². The highest BCUT2D eigenvalue weighted by atomic mass is 32.2. The van der Waals surface area contributed by atoms with Gasteiger partial charge in [0.25, 0.3) is 0 Å². The second-order valence-electron chi connectivity index (χ2n) is 5.89. The molecule has 1 N–H and O–H groups in total. The lowest BCUT2D eigenvalue weighted by atomic mass is 10.1. The van der Waals surface area contributed by atoms with E-state index < -0.39 is 10.0 Å². The van der Waals surface area contributed by atoms with Crippen LogP contribution in [0, 0.1) is 20.8 Å². The third-order valence-electron chi connectivity index (χ3n) is 4.09. The van der Waals surface area contributed by atoms with E-state index in [1.807, 2.05) is 26.0 Å². The maximum absolute atomic E-state index is 12.7. The lowest BCUT2D eigenvalue weighted by molar-refractivity contribution is 0.426. The van der Waals surface area contributed by atoms with Crippen molar-refractivity contribution in [2.45, 2.75) is 32.2 Å². The zero-order valence-electron chi connectivity index (χ0n) is 14.3. The zero-order chi connectivity index (χ0) is 18.0. The van der Waals surface area contributed by atoms with Crippen LogP contribution in [0.15, 0.2) is 52.1 Å². The van der Waals surface area contributed by atoms with Crippen molar-refractivity contribution < 1.29 is 12.9 Å². The van der Waals surface area contributed by atoms with Gasteiger partial charge in [0.1, 0.15) is 0 Å². The van der Waals surface area contributed by atoms with Crippen LogP contribution in [0.25, 0.3) is 11.3 Å². The molecule has 7 heteroatoms. The summed E-state index contributed by atoms with van der Waals surface area (Å²) in [5.74, 6) is 0.584. The van der Waals surface area contributed by atoms with E-state index in [1.165, 1.54) is 0 Å². The molecule has 3 rings (SSSR count). The van der Waals surface area contributed by atoms with E-state index in [4.69, 9.17) is 4.52 Å². The summed E-state index contributed by atoms with van der Waals surface area (Å²) in [6, 6.07) is 8.81. The molecule has 6 nitrogen and oxygen atoms in total. The number of rotatable bonds is 5. The highest BCUT2D eigenvalue weighted by molar-refractivity contribution is 7.89. The Morgan fingerprint density at radius 1 is 1.16 bits per heavy atom. The number of aryl methyl sites for hydroxylation is 2. The van der Waals surface area contributed by atoms with Crippen molar-refractivity contribution in [2.75, 3.05) is 0 Å². The Balaban J connectivity index is 1.93. The first-order chi connectivity index (χ1) is 11.9. The summed E-state index contributed by atoms with van der Waals surface area (Å²) in [6.07, 6.45) is 3.28. The predicted octanol–water partition coefficient (Wildman–Crippen LogP) is 3.14. The van der Waals surface area contributed by atoms with E-state index in [-0.39, 0.29) is 11.4 Å². The molecule has 0 spiro atoms. The second kappa shape index (κ2) is 6.78. The number of hydrogen-bond acceptors (Lipinski definition) is 5. The number of nitrogens with zero attached hydrogens (tertiary/aromatic N) is 2. The van der Waals surface area contributed by atoms with Crippen molar-refractivity contribution in [3.63, 3.8) is 0 Å². The second-order valence-corrected chi connectivity index (χ2v) is 7.62. The summed E-state index contributed by atoms with van der Waals surface area (Å²) >= 11 is 0. The molecule has 0 fully saturated rings. The van der Waals surface area contributed by atoms with Gasteiger partial charge in [0.05, 0.1) is 10.6 Å². The number of benzene rings is 1. The summed E-state index contributed by atoms with van der Waals surface area (Å²) in [4.78, 5) is 4.21. The van der Waals surface area contributed by atoms with Gasteiger partial charge in [-0.25, -0.2) is 13.1 Å². The molecule has 0 amide bonds. The number of nitrogens with one attached hydrogen (secondary N) is 1. The molecule has 0 aliphatic carbocycles. The maximum atomic E-state index is 12.7. The fraction of sp³-hybridized carbons (Fsp3) is 0.222. The smallest absolute Gasteiger partial charge is 0.241 e. The molecule has 0 unspecified atom stereocenters. The molecule has 2 aromatic heterocycles. The van der Waals surface area contributed by atoms with Gasteiger partial charge in [0.2, 0.25) is 10.0 Å². The zero-order valence-corrected chi connectivity index (χ0v) is 15.1. The van der Waals surface area contributed by atoms with Crippen LogP contribution in [0.2, 0.25) is 0 Å². The average molecular weight is 357 g/mol. The minimum atomic E-state index is -3.67. The first-order valence-electron chi connectivity index (χ1n) is 7.81. The summed E-state index contributed by atoms with van der Waals surface area (Å²) in [5.41, 5.74) is 3.83. The van der Waals surface area contributed by atoms with E-state index in [0.717, 1.165) is 16.8 Å². The third-order valence-corrected chi connectivity index (χ3v) is 5.63. The first-order valence-corrected chi connectivity index (χ1v) is 9.29. The Kier molecular flexibility index (Phi) is 4.69. The van der Waals surface area contributed by atoms with Gasteiger partial charge in [-0.05, 0) is 44.0 Å². The molecule has 2 heterocycles. The quantitative estimate of drug-likeness (QED) is 0.758. The number of sulfonamides is 1. The summed E-state index contributed by atoms with van der Waals surface area (Å²) < 4.78 is 33.4. The molecule has 0 atom stereocenters. The van der Waals surface area contributed by atoms with Gasteiger partial charge >= 0.3 is 0 Å². The SMILES string of the molecule is Cc1ccc(-c2onc(C)c2C)cc1S(=O)(=O)NCc1cccnc1. The molecular formula is C18H19N3O3S. The van der Waals surface area contributed by atoms with E-state index in [1.54, 1.807) is 37.5 Å². The van der Waals surface area contributed by atoms with E-state index >= 15 is 0 Å². The maximum Gasteiger partial charge on any atom is 0.241 e. The van der Waals surface area contributed by atoms with Crippen LogP contribution in [-0.2, 0) is 16.6 Å². The highest BCUT2D eigenvalue weighted by Gasteiger charge is 2.19. The number of hydrogen-bond donors (Lipinski definition) is 1.